The Labute approximate surface area is 87.4 Å². The first kappa shape index (κ1) is 9.83. The minimum absolute atomic E-state index is 0.346. The van der Waals surface area contributed by atoms with Gasteiger partial charge < -0.3 is 19.4 Å². The van der Waals surface area contributed by atoms with E-state index in [1.54, 1.807) is 6.07 Å². The SMILES string of the molecule is CCOc1cccc2c1O[C@H](C(=O)[O-])C2. The van der Waals surface area contributed by atoms with Crippen molar-refractivity contribution in [2.75, 3.05) is 6.61 Å². The molecule has 0 bridgehead atoms. The van der Waals surface area contributed by atoms with Crippen molar-refractivity contribution in [3.63, 3.8) is 0 Å². The van der Waals surface area contributed by atoms with E-state index in [1.807, 2.05) is 19.1 Å². The molecular weight excluding hydrogens is 196 g/mol. The Bertz CT molecular complexity index is 386. The Morgan fingerprint density at radius 2 is 2.47 bits per heavy atom. The molecule has 0 aromatic heterocycles. The number of benzene rings is 1. The number of rotatable bonds is 3. The van der Waals surface area contributed by atoms with Crippen LogP contribution in [0.25, 0.3) is 0 Å². The quantitative estimate of drug-likeness (QED) is 0.707. The summed E-state index contributed by atoms with van der Waals surface area (Å²) in [5.74, 6) is -0.0547. The number of carboxylic acids is 1. The molecule has 0 N–H and O–H groups in total. The largest absolute Gasteiger partial charge is 0.546 e. The second-order valence-electron chi connectivity index (χ2n) is 3.31. The maximum atomic E-state index is 10.7. The Morgan fingerprint density at radius 3 is 3.13 bits per heavy atom. The van der Waals surface area contributed by atoms with Gasteiger partial charge in [-0.15, -0.1) is 0 Å². The minimum Gasteiger partial charge on any atom is -0.546 e. The average molecular weight is 207 g/mol. The average Bonchev–Trinajstić information content (AvgIpc) is 2.63. The van der Waals surface area contributed by atoms with Gasteiger partial charge in [0.15, 0.2) is 11.5 Å². The zero-order chi connectivity index (χ0) is 10.8. The minimum atomic E-state index is -1.19. The summed E-state index contributed by atoms with van der Waals surface area (Å²) in [7, 11) is 0. The van der Waals surface area contributed by atoms with E-state index in [2.05, 4.69) is 0 Å². The third kappa shape index (κ3) is 1.75. The number of fused-ring (bicyclic) bond motifs is 1. The van der Waals surface area contributed by atoms with Gasteiger partial charge in [0.1, 0.15) is 6.10 Å². The van der Waals surface area contributed by atoms with Gasteiger partial charge in [0.25, 0.3) is 0 Å². The number of hydrogen-bond acceptors (Lipinski definition) is 4. The van der Waals surface area contributed by atoms with E-state index in [9.17, 15) is 9.90 Å². The van der Waals surface area contributed by atoms with Crippen molar-refractivity contribution in [3.8, 4) is 11.5 Å². The molecule has 0 fully saturated rings. The van der Waals surface area contributed by atoms with Gasteiger partial charge in [-0.25, -0.2) is 0 Å². The summed E-state index contributed by atoms with van der Waals surface area (Å²) in [6.45, 7) is 2.39. The Balaban J connectivity index is 2.28. The first-order valence-corrected chi connectivity index (χ1v) is 4.84. The molecule has 1 aromatic carbocycles. The lowest BCUT2D eigenvalue weighted by Gasteiger charge is -2.12. The van der Waals surface area contributed by atoms with Crippen molar-refractivity contribution in [1.82, 2.24) is 0 Å². The predicted molar refractivity (Wildman–Crippen MR) is 50.7 cm³/mol. The highest BCUT2D eigenvalue weighted by Crippen LogP contribution is 2.37. The molecule has 1 aliphatic heterocycles. The van der Waals surface area contributed by atoms with Crippen LogP contribution in [0.15, 0.2) is 18.2 Å². The fraction of sp³-hybridized carbons (Fsp3) is 0.364. The summed E-state index contributed by atoms with van der Waals surface area (Å²) >= 11 is 0. The van der Waals surface area contributed by atoms with E-state index in [0.717, 1.165) is 5.56 Å². The summed E-state index contributed by atoms with van der Waals surface area (Å²) < 4.78 is 10.6. The van der Waals surface area contributed by atoms with Crippen LogP contribution in [0.5, 0.6) is 11.5 Å². The fourth-order valence-electron chi connectivity index (χ4n) is 1.64. The number of carbonyl (C=O) groups is 1. The van der Waals surface area contributed by atoms with Crippen LogP contribution >= 0.6 is 0 Å². The smallest absolute Gasteiger partial charge is 0.165 e. The maximum absolute atomic E-state index is 10.7. The highest BCUT2D eigenvalue weighted by Gasteiger charge is 2.26. The zero-order valence-electron chi connectivity index (χ0n) is 8.36. The van der Waals surface area contributed by atoms with Gasteiger partial charge >= 0.3 is 0 Å². The summed E-state index contributed by atoms with van der Waals surface area (Å²) in [5.41, 5.74) is 0.857. The van der Waals surface area contributed by atoms with Crippen LogP contribution in [0.1, 0.15) is 12.5 Å². The number of ether oxygens (including phenoxy) is 2. The van der Waals surface area contributed by atoms with E-state index in [4.69, 9.17) is 9.47 Å². The molecule has 0 spiro atoms. The van der Waals surface area contributed by atoms with Crippen LogP contribution in [0, 0.1) is 0 Å². The molecule has 0 saturated carbocycles. The van der Waals surface area contributed by atoms with Gasteiger partial charge in [-0.05, 0) is 13.0 Å². The van der Waals surface area contributed by atoms with Gasteiger partial charge in [-0.1, -0.05) is 12.1 Å². The molecule has 4 nitrogen and oxygen atoms in total. The molecule has 1 heterocycles. The Kier molecular flexibility index (Phi) is 2.49. The zero-order valence-corrected chi connectivity index (χ0v) is 8.36. The summed E-state index contributed by atoms with van der Waals surface area (Å²) in [4.78, 5) is 10.7. The number of carbonyl (C=O) groups excluding carboxylic acids is 1. The van der Waals surface area contributed by atoms with Crippen molar-refractivity contribution in [2.24, 2.45) is 0 Å². The van der Waals surface area contributed by atoms with Crippen molar-refractivity contribution < 1.29 is 19.4 Å². The second kappa shape index (κ2) is 3.81. The lowest BCUT2D eigenvalue weighted by atomic mass is 10.1. The molecule has 2 rings (SSSR count). The van der Waals surface area contributed by atoms with E-state index < -0.39 is 12.1 Å². The summed E-state index contributed by atoms with van der Waals surface area (Å²) in [6.07, 6.45) is -0.542. The van der Waals surface area contributed by atoms with Crippen LogP contribution in [0.4, 0.5) is 0 Å². The molecule has 0 amide bonds. The molecule has 4 heteroatoms. The topological polar surface area (TPSA) is 58.6 Å². The molecule has 1 aromatic rings. The molecule has 0 unspecified atom stereocenters. The molecule has 80 valence electrons. The third-order valence-electron chi connectivity index (χ3n) is 2.29. The molecule has 15 heavy (non-hydrogen) atoms. The number of para-hydroxylation sites is 1. The molecular formula is C11H11O4-. The Hall–Kier alpha value is -1.71. The second-order valence-corrected chi connectivity index (χ2v) is 3.31. The van der Waals surface area contributed by atoms with Gasteiger partial charge in [-0.3, -0.25) is 0 Å². The van der Waals surface area contributed by atoms with Crippen LogP contribution in [-0.2, 0) is 11.2 Å². The molecule has 0 aliphatic carbocycles. The van der Waals surface area contributed by atoms with E-state index in [-0.39, 0.29) is 0 Å². The predicted octanol–water partition coefficient (Wildman–Crippen LogP) is 0.139. The van der Waals surface area contributed by atoms with Crippen molar-refractivity contribution in [1.29, 1.82) is 0 Å². The highest BCUT2D eigenvalue weighted by molar-refractivity contribution is 5.73. The molecule has 1 atom stereocenters. The first-order chi connectivity index (χ1) is 7.22. The first-order valence-electron chi connectivity index (χ1n) is 4.84. The highest BCUT2D eigenvalue weighted by atomic mass is 16.5. The third-order valence-corrected chi connectivity index (χ3v) is 2.29. The van der Waals surface area contributed by atoms with Crippen LogP contribution in [0.3, 0.4) is 0 Å². The fourth-order valence-corrected chi connectivity index (χ4v) is 1.64. The number of aliphatic carboxylic acids is 1. The van der Waals surface area contributed by atoms with Crippen LogP contribution in [-0.4, -0.2) is 18.7 Å². The maximum Gasteiger partial charge on any atom is 0.165 e. The van der Waals surface area contributed by atoms with Crippen molar-refractivity contribution in [2.45, 2.75) is 19.4 Å². The van der Waals surface area contributed by atoms with Gasteiger partial charge in [0.05, 0.1) is 12.6 Å². The van der Waals surface area contributed by atoms with Gasteiger partial charge in [-0.2, -0.15) is 0 Å². The standard InChI is InChI=1S/C11H12O4/c1-2-14-8-5-3-4-7-6-9(11(12)13)15-10(7)8/h3-5,9H,2,6H2,1H3,(H,12,13)/p-1/t9-/m0/s1. The number of carboxylic acid groups (broad SMARTS) is 1. The van der Waals surface area contributed by atoms with E-state index >= 15 is 0 Å². The van der Waals surface area contributed by atoms with Gasteiger partial charge in [0, 0.05) is 12.0 Å². The summed E-state index contributed by atoms with van der Waals surface area (Å²) in [5, 5.41) is 10.7. The molecule has 1 aliphatic rings. The Morgan fingerprint density at radius 1 is 1.67 bits per heavy atom. The van der Waals surface area contributed by atoms with Crippen LogP contribution < -0.4 is 14.6 Å². The van der Waals surface area contributed by atoms with E-state index in [1.165, 1.54) is 0 Å². The van der Waals surface area contributed by atoms with E-state index in [0.29, 0.717) is 24.5 Å². The lowest BCUT2D eigenvalue weighted by molar-refractivity contribution is -0.312. The van der Waals surface area contributed by atoms with Crippen molar-refractivity contribution >= 4 is 5.97 Å². The molecule has 0 saturated heterocycles. The summed E-state index contributed by atoms with van der Waals surface area (Å²) in [6, 6.07) is 5.42. The normalized spacial score (nSPS) is 18.1. The van der Waals surface area contributed by atoms with Gasteiger partial charge in [0.2, 0.25) is 0 Å². The monoisotopic (exact) mass is 207 g/mol. The molecule has 0 radical (unpaired) electrons. The van der Waals surface area contributed by atoms with Crippen LogP contribution in [0.2, 0.25) is 0 Å². The lowest BCUT2D eigenvalue weighted by Crippen LogP contribution is -2.38. The number of hydrogen-bond donors (Lipinski definition) is 0. The van der Waals surface area contributed by atoms with Crippen molar-refractivity contribution in [3.05, 3.63) is 23.8 Å².